The lowest BCUT2D eigenvalue weighted by atomic mass is 9.89. The van der Waals surface area contributed by atoms with Crippen LogP contribution >= 0.6 is 0 Å². The predicted octanol–water partition coefficient (Wildman–Crippen LogP) is 5.81. The van der Waals surface area contributed by atoms with Crippen molar-refractivity contribution in [1.29, 1.82) is 0 Å². The third kappa shape index (κ3) is 4.99. The fraction of sp³-hybridized carbons (Fsp3) is 0.360. The van der Waals surface area contributed by atoms with E-state index in [9.17, 15) is 13.6 Å². The smallest absolute Gasteiger partial charge is 0.317 e. The summed E-state index contributed by atoms with van der Waals surface area (Å²) in [5.41, 5.74) is 3.77. The highest BCUT2D eigenvalue weighted by atomic mass is 19.3. The maximum atomic E-state index is 14.4. The van der Waals surface area contributed by atoms with Gasteiger partial charge in [-0.25, -0.2) is 13.6 Å². The van der Waals surface area contributed by atoms with Crippen LogP contribution in [0.15, 0.2) is 42.7 Å². The van der Waals surface area contributed by atoms with Crippen LogP contribution in [0, 0.1) is 6.92 Å². The second kappa shape index (κ2) is 10.5. The number of benzene rings is 2. The molecule has 0 atom stereocenters. The van der Waals surface area contributed by atoms with E-state index in [1.54, 1.807) is 54.3 Å². The van der Waals surface area contributed by atoms with Crippen molar-refractivity contribution in [2.24, 2.45) is 7.05 Å². The van der Waals surface area contributed by atoms with E-state index in [4.69, 9.17) is 4.74 Å². The molecule has 1 aliphatic rings. The molecule has 0 fully saturated rings. The second-order valence-electron chi connectivity index (χ2n) is 7.57. The number of rotatable bonds is 3. The van der Waals surface area contributed by atoms with Gasteiger partial charge in [0, 0.05) is 38.4 Å². The van der Waals surface area contributed by atoms with E-state index in [0.717, 1.165) is 11.1 Å². The number of halogens is 2. The summed E-state index contributed by atoms with van der Waals surface area (Å²) in [6.07, 6.45) is 0.654. The molecule has 0 unspecified atom stereocenters. The van der Waals surface area contributed by atoms with Gasteiger partial charge >= 0.3 is 6.03 Å². The molecule has 0 saturated heterocycles. The molecule has 0 spiro atoms. The summed E-state index contributed by atoms with van der Waals surface area (Å²) in [5, 5.41) is 6.76. The fourth-order valence-corrected chi connectivity index (χ4v) is 4.03. The molecule has 0 aliphatic carbocycles. The second-order valence-corrected chi connectivity index (χ2v) is 7.57. The van der Waals surface area contributed by atoms with Crippen LogP contribution in [-0.4, -0.2) is 40.9 Å². The molecule has 0 saturated carbocycles. The van der Waals surface area contributed by atoms with Crippen LogP contribution in [0.2, 0.25) is 0 Å². The van der Waals surface area contributed by atoms with Crippen LogP contribution in [-0.2, 0) is 13.6 Å². The Kier molecular flexibility index (Phi) is 7.68. The Balaban J connectivity index is 0.00000133. The van der Waals surface area contributed by atoms with Crippen LogP contribution in [0.3, 0.4) is 0 Å². The minimum absolute atomic E-state index is 0. The van der Waals surface area contributed by atoms with Gasteiger partial charge in [-0.3, -0.25) is 4.68 Å². The summed E-state index contributed by atoms with van der Waals surface area (Å²) in [4.78, 5) is 13.8. The zero-order valence-electron chi connectivity index (χ0n) is 19.7. The van der Waals surface area contributed by atoms with Crippen molar-refractivity contribution < 1.29 is 19.7 Å². The van der Waals surface area contributed by atoms with Crippen LogP contribution in [0.5, 0.6) is 5.75 Å². The Morgan fingerprint density at radius 1 is 1.21 bits per heavy atom. The van der Waals surface area contributed by atoms with E-state index >= 15 is 0 Å². The Hall–Kier alpha value is -3.42. The number of carbonyl (C=O) groups excluding carboxylic acids is 1. The quantitative estimate of drug-likeness (QED) is 0.539. The number of aryl methyl sites for hydroxylation is 2. The van der Waals surface area contributed by atoms with Crippen LogP contribution < -0.4 is 10.1 Å². The highest BCUT2D eigenvalue weighted by molar-refractivity contribution is 5.81. The Morgan fingerprint density at radius 2 is 1.97 bits per heavy atom. The summed E-state index contributed by atoms with van der Waals surface area (Å²) >= 11 is 0. The molecule has 1 N–H and O–H groups in total. The number of urea groups is 1. The van der Waals surface area contributed by atoms with Gasteiger partial charge in [-0.05, 0) is 41.3 Å². The van der Waals surface area contributed by atoms with E-state index < -0.39 is 6.43 Å². The average molecular weight is 459 g/mol. The molecule has 6 nitrogen and oxygen atoms in total. The van der Waals surface area contributed by atoms with Crippen molar-refractivity contribution in [3.63, 3.8) is 0 Å². The molecule has 0 bridgehead atoms. The van der Waals surface area contributed by atoms with Gasteiger partial charge < -0.3 is 15.0 Å². The first-order valence-electron chi connectivity index (χ1n) is 11.0. The highest BCUT2D eigenvalue weighted by Gasteiger charge is 2.24. The van der Waals surface area contributed by atoms with E-state index in [0.29, 0.717) is 47.7 Å². The summed E-state index contributed by atoms with van der Waals surface area (Å²) in [7, 11) is 3.33. The Bertz CT molecular complexity index is 1130. The number of carbonyl (C=O) groups is 1. The van der Waals surface area contributed by atoms with Gasteiger partial charge in [-0.15, -0.1) is 0 Å². The minimum atomic E-state index is -2.66. The number of alkyl halides is 2. The number of hydrogen-bond donors (Lipinski definition) is 1. The minimum Gasteiger partial charge on any atom is -0.491 e. The molecule has 8 heteroatoms. The third-order valence-corrected chi connectivity index (χ3v) is 5.52. The molecule has 4 rings (SSSR count). The normalized spacial score (nSPS) is 12.9. The van der Waals surface area contributed by atoms with E-state index in [2.05, 4.69) is 10.4 Å². The van der Waals surface area contributed by atoms with Gasteiger partial charge in [0.15, 0.2) is 0 Å². The van der Waals surface area contributed by atoms with Gasteiger partial charge in [0.1, 0.15) is 12.4 Å². The predicted molar refractivity (Wildman–Crippen MR) is 128 cm³/mol. The van der Waals surface area contributed by atoms with Crippen LogP contribution in [0.1, 0.15) is 38.4 Å². The highest BCUT2D eigenvalue weighted by Crippen LogP contribution is 2.42. The fourth-order valence-electron chi connectivity index (χ4n) is 4.03. The molecule has 2 amide bonds. The van der Waals surface area contributed by atoms with E-state index in [-0.39, 0.29) is 13.0 Å². The molecular formula is C25H32F2N4O2. The molecule has 33 heavy (non-hydrogen) atoms. The first kappa shape index (κ1) is 24.2. The van der Waals surface area contributed by atoms with Crippen LogP contribution in [0.4, 0.5) is 13.6 Å². The molecule has 2 aromatic carbocycles. The monoisotopic (exact) mass is 458 g/mol. The van der Waals surface area contributed by atoms with Gasteiger partial charge in [-0.2, -0.15) is 5.10 Å². The number of ether oxygens (including phenoxy) is 1. The summed E-state index contributed by atoms with van der Waals surface area (Å²) in [5.74, 6) is 0.662. The SMILES string of the molecule is CC.CNC(=O)N1CCOc2ccc(-c3c(C)ccc(-c4cnn(C)c4)c3C(F)F)cc2C1.[HH]. The first-order chi connectivity index (χ1) is 15.9. The topological polar surface area (TPSA) is 59.4 Å². The molecule has 3 aromatic rings. The maximum absolute atomic E-state index is 14.4. The van der Waals surface area contributed by atoms with Crippen molar-refractivity contribution in [3.8, 4) is 28.0 Å². The maximum Gasteiger partial charge on any atom is 0.317 e. The summed E-state index contributed by atoms with van der Waals surface area (Å²) in [6.45, 7) is 6.99. The zero-order valence-corrected chi connectivity index (χ0v) is 19.7. The molecule has 1 aromatic heterocycles. The Morgan fingerprint density at radius 3 is 2.61 bits per heavy atom. The first-order valence-corrected chi connectivity index (χ1v) is 11.0. The standard InChI is InChI=1S/C23H24F2N4O2.C2H6.H2/c1-14-4-6-18(17-11-27-28(3)12-17)21(22(24)25)20(14)15-5-7-19-16(10-15)13-29(8-9-31-19)23(30)26-2;1-2;/h4-7,10-12,22H,8-9,13H2,1-3H3,(H,26,30);1-2H3;1H. The van der Waals surface area contributed by atoms with Gasteiger partial charge in [0.05, 0.1) is 19.3 Å². The van der Waals surface area contributed by atoms with Crippen LogP contribution in [0.25, 0.3) is 22.3 Å². The number of aromatic nitrogens is 2. The van der Waals surface area contributed by atoms with Gasteiger partial charge in [0.2, 0.25) is 0 Å². The average Bonchev–Trinajstić information content (AvgIpc) is 3.13. The molecule has 0 radical (unpaired) electrons. The molecule has 178 valence electrons. The summed E-state index contributed by atoms with van der Waals surface area (Å²) in [6, 6.07) is 8.81. The Labute approximate surface area is 194 Å². The van der Waals surface area contributed by atoms with Gasteiger partial charge in [0.25, 0.3) is 6.43 Å². The lowest BCUT2D eigenvalue weighted by Crippen LogP contribution is -2.38. The van der Waals surface area contributed by atoms with Crippen molar-refractivity contribution in [3.05, 3.63) is 59.4 Å². The number of nitrogens with zero attached hydrogens (tertiary/aromatic N) is 3. The molecule has 2 heterocycles. The lowest BCUT2D eigenvalue weighted by molar-refractivity contribution is 0.152. The molecular weight excluding hydrogens is 426 g/mol. The van der Waals surface area contributed by atoms with E-state index in [1.165, 1.54) is 0 Å². The number of hydrogen-bond acceptors (Lipinski definition) is 3. The zero-order chi connectivity index (χ0) is 24.1. The number of nitrogens with one attached hydrogen (secondary N) is 1. The largest absolute Gasteiger partial charge is 0.491 e. The lowest BCUT2D eigenvalue weighted by Gasteiger charge is -2.20. The van der Waals surface area contributed by atoms with E-state index in [1.807, 2.05) is 32.9 Å². The molecule has 1 aliphatic heterocycles. The third-order valence-electron chi connectivity index (χ3n) is 5.52. The van der Waals surface area contributed by atoms with Crippen molar-refractivity contribution in [2.45, 2.75) is 33.7 Å². The number of fused-ring (bicyclic) bond motifs is 1. The number of amides is 2. The van der Waals surface area contributed by atoms with Crippen molar-refractivity contribution in [1.82, 2.24) is 20.0 Å². The van der Waals surface area contributed by atoms with Gasteiger partial charge in [-0.1, -0.05) is 32.0 Å². The van der Waals surface area contributed by atoms with Crippen molar-refractivity contribution in [2.75, 3.05) is 20.2 Å². The van der Waals surface area contributed by atoms with Crippen molar-refractivity contribution >= 4 is 6.03 Å². The summed E-state index contributed by atoms with van der Waals surface area (Å²) < 4.78 is 36.1.